The van der Waals surface area contributed by atoms with Crippen molar-refractivity contribution < 1.29 is 4.79 Å². The van der Waals surface area contributed by atoms with Crippen molar-refractivity contribution in [3.05, 3.63) is 30.1 Å². The van der Waals surface area contributed by atoms with Gasteiger partial charge in [0.1, 0.15) is 11.9 Å². The predicted octanol–water partition coefficient (Wildman–Crippen LogP) is 3.07. The quantitative estimate of drug-likeness (QED) is 0.910. The van der Waals surface area contributed by atoms with E-state index in [4.69, 9.17) is 0 Å². The zero-order valence-electron chi connectivity index (χ0n) is 12.7. The Morgan fingerprint density at radius 1 is 1.30 bits per heavy atom. The van der Waals surface area contributed by atoms with Gasteiger partial charge in [0.25, 0.3) is 0 Å². The standard InChI is InChI=1S/C16H23N3O/c1-11(2)9-10-17-16(20)12(3)19-13(4)18-14-7-5-6-8-15(14)19/h5-8,11-12H,9-10H2,1-4H3,(H,17,20). The average Bonchev–Trinajstić information content (AvgIpc) is 2.73. The molecule has 2 rings (SSSR count). The molecule has 1 amide bonds. The Morgan fingerprint density at radius 2 is 2.00 bits per heavy atom. The number of imidazole rings is 1. The first-order chi connectivity index (χ1) is 9.50. The Hall–Kier alpha value is -1.84. The van der Waals surface area contributed by atoms with E-state index in [0.717, 1.165) is 29.8 Å². The highest BCUT2D eigenvalue weighted by molar-refractivity contribution is 5.84. The lowest BCUT2D eigenvalue weighted by Crippen LogP contribution is -2.32. The molecule has 4 heteroatoms. The highest BCUT2D eigenvalue weighted by atomic mass is 16.2. The van der Waals surface area contributed by atoms with Crippen LogP contribution in [0.4, 0.5) is 0 Å². The molecule has 0 saturated carbocycles. The Labute approximate surface area is 120 Å². The number of nitrogens with one attached hydrogen (secondary N) is 1. The lowest BCUT2D eigenvalue weighted by atomic mass is 10.1. The average molecular weight is 273 g/mol. The molecule has 1 aromatic heterocycles. The predicted molar refractivity (Wildman–Crippen MR) is 81.6 cm³/mol. The summed E-state index contributed by atoms with van der Waals surface area (Å²) in [4.78, 5) is 16.8. The smallest absolute Gasteiger partial charge is 0.242 e. The molecule has 20 heavy (non-hydrogen) atoms. The highest BCUT2D eigenvalue weighted by Crippen LogP contribution is 2.20. The van der Waals surface area contributed by atoms with Crippen molar-refractivity contribution in [2.24, 2.45) is 5.92 Å². The molecular formula is C16H23N3O. The molecule has 1 N–H and O–H groups in total. The van der Waals surface area contributed by atoms with Gasteiger partial charge in [-0.1, -0.05) is 26.0 Å². The molecule has 1 atom stereocenters. The summed E-state index contributed by atoms with van der Waals surface area (Å²) in [6, 6.07) is 7.68. The second-order valence-corrected chi connectivity index (χ2v) is 5.67. The molecule has 2 aromatic rings. The third kappa shape index (κ3) is 3.00. The fraction of sp³-hybridized carbons (Fsp3) is 0.500. The molecule has 1 heterocycles. The van der Waals surface area contributed by atoms with Gasteiger partial charge < -0.3 is 9.88 Å². The van der Waals surface area contributed by atoms with Crippen LogP contribution < -0.4 is 5.32 Å². The van der Waals surface area contributed by atoms with E-state index in [1.165, 1.54) is 0 Å². The number of aromatic nitrogens is 2. The molecule has 4 nitrogen and oxygen atoms in total. The second-order valence-electron chi connectivity index (χ2n) is 5.67. The largest absolute Gasteiger partial charge is 0.354 e. The molecule has 1 unspecified atom stereocenters. The van der Waals surface area contributed by atoms with Gasteiger partial charge in [-0.3, -0.25) is 4.79 Å². The Balaban J connectivity index is 2.16. The van der Waals surface area contributed by atoms with Gasteiger partial charge in [-0.15, -0.1) is 0 Å². The summed E-state index contributed by atoms with van der Waals surface area (Å²) >= 11 is 0. The molecule has 0 radical (unpaired) electrons. The Kier molecular flexibility index (Phi) is 4.42. The van der Waals surface area contributed by atoms with Crippen LogP contribution in [-0.4, -0.2) is 22.0 Å². The first kappa shape index (κ1) is 14.6. The van der Waals surface area contributed by atoms with Crippen LogP contribution in [0.3, 0.4) is 0 Å². The molecule has 0 fully saturated rings. The molecule has 0 spiro atoms. The summed E-state index contributed by atoms with van der Waals surface area (Å²) in [6.45, 7) is 8.91. The number of nitrogens with zero attached hydrogens (tertiary/aromatic N) is 2. The van der Waals surface area contributed by atoms with E-state index >= 15 is 0 Å². The van der Waals surface area contributed by atoms with E-state index in [1.54, 1.807) is 0 Å². The lowest BCUT2D eigenvalue weighted by molar-refractivity contribution is -0.123. The molecular weight excluding hydrogens is 250 g/mol. The minimum Gasteiger partial charge on any atom is -0.354 e. The van der Waals surface area contributed by atoms with E-state index in [-0.39, 0.29) is 11.9 Å². The van der Waals surface area contributed by atoms with Crippen molar-refractivity contribution in [3.8, 4) is 0 Å². The van der Waals surface area contributed by atoms with Gasteiger partial charge in [-0.2, -0.15) is 0 Å². The normalized spacial score (nSPS) is 12.8. The van der Waals surface area contributed by atoms with Gasteiger partial charge >= 0.3 is 0 Å². The van der Waals surface area contributed by atoms with Crippen LogP contribution in [0, 0.1) is 12.8 Å². The van der Waals surface area contributed by atoms with Crippen molar-refractivity contribution >= 4 is 16.9 Å². The number of aryl methyl sites for hydroxylation is 1. The lowest BCUT2D eigenvalue weighted by Gasteiger charge is -2.16. The number of hydrogen-bond acceptors (Lipinski definition) is 2. The van der Waals surface area contributed by atoms with Crippen LogP contribution in [-0.2, 0) is 4.79 Å². The Morgan fingerprint density at radius 3 is 2.70 bits per heavy atom. The van der Waals surface area contributed by atoms with Crippen LogP contribution >= 0.6 is 0 Å². The first-order valence-electron chi connectivity index (χ1n) is 7.22. The topological polar surface area (TPSA) is 46.9 Å². The van der Waals surface area contributed by atoms with Gasteiger partial charge in [-0.25, -0.2) is 4.98 Å². The first-order valence-corrected chi connectivity index (χ1v) is 7.22. The summed E-state index contributed by atoms with van der Waals surface area (Å²) in [5, 5.41) is 3.01. The van der Waals surface area contributed by atoms with E-state index in [2.05, 4.69) is 24.1 Å². The van der Waals surface area contributed by atoms with E-state index in [0.29, 0.717) is 5.92 Å². The van der Waals surface area contributed by atoms with E-state index in [1.807, 2.05) is 42.7 Å². The number of fused-ring (bicyclic) bond motifs is 1. The number of carbonyl (C=O) groups is 1. The molecule has 0 aliphatic carbocycles. The van der Waals surface area contributed by atoms with Gasteiger partial charge in [0.2, 0.25) is 5.91 Å². The van der Waals surface area contributed by atoms with Gasteiger partial charge in [0, 0.05) is 6.54 Å². The van der Waals surface area contributed by atoms with Gasteiger partial charge in [0.05, 0.1) is 11.0 Å². The number of rotatable bonds is 5. The van der Waals surface area contributed by atoms with Crippen molar-refractivity contribution in [2.45, 2.75) is 40.2 Å². The second kappa shape index (κ2) is 6.07. The molecule has 0 aliphatic rings. The fourth-order valence-corrected chi connectivity index (χ4v) is 2.40. The van der Waals surface area contributed by atoms with E-state index in [9.17, 15) is 4.79 Å². The molecule has 1 aromatic carbocycles. The number of carbonyl (C=O) groups excluding carboxylic acids is 1. The van der Waals surface area contributed by atoms with Gasteiger partial charge in [-0.05, 0) is 38.3 Å². The van der Waals surface area contributed by atoms with Crippen LogP contribution in [0.5, 0.6) is 0 Å². The Bertz CT molecular complexity index is 601. The van der Waals surface area contributed by atoms with Crippen molar-refractivity contribution in [1.82, 2.24) is 14.9 Å². The molecule has 0 bridgehead atoms. The van der Waals surface area contributed by atoms with Crippen LogP contribution in [0.1, 0.15) is 39.1 Å². The SMILES string of the molecule is Cc1nc2ccccc2n1C(C)C(=O)NCCC(C)C. The summed E-state index contributed by atoms with van der Waals surface area (Å²) in [6.07, 6.45) is 1.00. The molecule has 0 saturated heterocycles. The maximum absolute atomic E-state index is 12.3. The van der Waals surface area contributed by atoms with Crippen LogP contribution in [0.25, 0.3) is 11.0 Å². The van der Waals surface area contributed by atoms with Crippen molar-refractivity contribution in [2.75, 3.05) is 6.54 Å². The zero-order chi connectivity index (χ0) is 14.7. The van der Waals surface area contributed by atoms with Gasteiger partial charge in [0.15, 0.2) is 0 Å². The summed E-state index contributed by atoms with van der Waals surface area (Å²) in [7, 11) is 0. The number of para-hydroxylation sites is 2. The summed E-state index contributed by atoms with van der Waals surface area (Å²) in [5.74, 6) is 1.52. The monoisotopic (exact) mass is 273 g/mol. The van der Waals surface area contributed by atoms with E-state index < -0.39 is 0 Å². The number of benzene rings is 1. The maximum atomic E-state index is 12.3. The molecule has 108 valence electrons. The minimum atomic E-state index is -0.241. The number of hydrogen-bond donors (Lipinski definition) is 1. The summed E-state index contributed by atoms with van der Waals surface area (Å²) in [5.41, 5.74) is 1.95. The fourth-order valence-electron chi connectivity index (χ4n) is 2.40. The minimum absolute atomic E-state index is 0.0527. The zero-order valence-corrected chi connectivity index (χ0v) is 12.7. The maximum Gasteiger partial charge on any atom is 0.242 e. The van der Waals surface area contributed by atoms with Crippen LogP contribution in [0.2, 0.25) is 0 Å². The third-order valence-corrected chi connectivity index (χ3v) is 3.56. The molecule has 0 aliphatic heterocycles. The summed E-state index contributed by atoms with van der Waals surface area (Å²) < 4.78 is 2.00. The van der Waals surface area contributed by atoms with Crippen LogP contribution in [0.15, 0.2) is 24.3 Å². The van der Waals surface area contributed by atoms with Crippen molar-refractivity contribution in [1.29, 1.82) is 0 Å². The van der Waals surface area contributed by atoms with Crippen molar-refractivity contribution in [3.63, 3.8) is 0 Å². The third-order valence-electron chi connectivity index (χ3n) is 3.56. The number of amides is 1. The highest BCUT2D eigenvalue weighted by Gasteiger charge is 2.19.